The Morgan fingerprint density at radius 2 is 1.67 bits per heavy atom. The molecule has 0 aromatic carbocycles. The highest BCUT2D eigenvalue weighted by atomic mass is 16.5. The van der Waals surface area contributed by atoms with Crippen molar-refractivity contribution in [2.75, 3.05) is 33.0 Å². The zero-order valence-electron chi connectivity index (χ0n) is 10.5. The lowest BCUT2D eigenvalue weighted by Crippen LogP contribution is -2.24. The second-order valence-electron chi connectivity index (χ2n) is 2.71. The molecule has 0 aliphatic carbocycles. The molecule has 0 unspecified atom stereocenters. The molecular formula is C11H27NO3. The highest BCUT2D eigenvalue weighted by molar-refractivity contribution is 5.72. The molecule has 0 atom stereocenters. The van der Waals surface area contributed by atoms with Crippen molar-refractivity contribution in [3.63, 3.8) is 0 Å². The lowest BCUT2D eigenvalue weighted by Gasteiger charge is -2.04. The maximum atomic E-state index is 10.4. The molecule has 1 N–H and O–H groups in total. The number of carbonyl (C=O) groups is 1. The van der Waals surface area contributed by atoms with E-state index < -0.39 is 0 Å². The van der Waals surface area contributed by atoms with Crippen LogP contribution in [0.3, 0.4) is 0 Å². The van der Waals surface area contributed by atoms with Crippen LogP contribution in [0.4, 0.5) is 0 Å². The van der Waals surface area contributed by atoms with Crippen LogP contribution in [0.1, 0.15) is 35.5 Å². The minimum absolute atomic E-state index is 0. The summed E-state index contributed by atoms with van der Waals surface area (Å²) in [5.41, 5.74) is 0. The molecule has 4 nitrogen and oxygen atoms in total. The smallest absolute Gasteiger partial charge is 0.216 e. The van der Waals surface area contributed by atoms with Gasteiger partial charge in [-0.05, 0) is 6.42 Å². The second kappa shape index (κ2) is 15.8. The van der Waals surface area contributed by atoms with E-state index in [4.69, 9.17) is 9.47 Å². The molecule has 0 aliphatic rings. The molecule has 0 aromatic rings. The first kappa shape index (κ1) is 16.8. The Bertz CT molecular complexity index is 134. The third kappa shape index (κ3) is 19.7. The van der Waals surface area contributed by atoms with E-state index in [-0.39, 0.29) is 7.33 Å². The molecule has 0 bridgehead atoms. The lowest BCUT2D eigenvalue weighted by molar-refractivity contribution is -0.119. The van der Waals surface area contributed by atoms with E-state index in [1.54, 1.807) is 0 Å². The van der Waals surface area contributed by atoms with Crippen LogP contribution in [-0.2, 0) is 14.3 Å². The summed E-state index contributed by atoms with van der Waals surface area (Å²) in [6.07, 6.45) is 1.03. The highest BCUT2D eigenvalue weighted by Gasteiger charge is 1.91. The number of nitrogens with one attached hydrogen (secondary N) is 1. The number of carbonyl (C=O) groups excluding carboxylic acids is 1. The first-order chi connectivity index (χ1) is 7.27. The number of rotatable bonds is 8. The fraction of sp³-hybridized carbons (Fsp3) is 0.909. The Kier molecular flexibility index (Phi) is 17.8. The predicted molar refractivity (Wildman–Crippen MR) is 64.1 cm³/mol. The summed E-state index contributed by atoms with van der Waals surface area (Å²) < 4.78 is 10.4. The van der Waals surface area contributed by atoms with E-state index in [1.807, 2.05) is 13.8 Å². The van der Waals surface area contributed by atoms with Gasteiger partial charge in [0.05, 0.1) is 19.8 Å². The Hall–Kier alpha value is -0.610. The third-order valence-corrected chi connectivity index (χ3v) is 1.34. The molecule has 94 valence electrons. The summed E-state index contributed by atoms with van der Waals surface area (Å²) in [4.78, 5) is 10.4. The molecule has 0 aliphatic heterocycles. The van der Waals surface area contributed by atoms with Crippen molar-refractivity contribution in [1.82, 2.24) is 5.32 Å². The molecule has 15 heavy (non-hydrogen) atoms. The van der Waals surface area contributed by atoms with Crippen LogP contribution in [0.2, 0.25) is 0 Å². The Morgan fingerprint density at radius 1 is 1.13 bits per heavy atom. The molecule has 0 saturated carbocycles. The van der Waals surface area contributed by atoms with E-state index in [2.05, 4.69) is 12.2 Å². The van der Waals surface area contributed by atoms with Gasteiger partial charge in [-0.1, -0.05) is 20.8 Å². The van der Waals surface area contributed by atoms with Crippen molar-refractivity contribution >= 4 is 5.91 Å². The van der Waals surface area contributed by atoms with Gasteiger partial charge in [-0.3, -0.25) is 4.79 Å². The molecule has 0 aromatic heterocycles. The summed E-state index contributed by atoms with van der Waals surface area (Å²) in [6, 6.07) is 0. The van der Waals surface area contributed by atoms with Gasteiger partial charge < -0.3 is 14.8 Å². The molecule has 0 spiro atoms. The predicted octanol–water partition coefficient (Wildman–Crippen LogP) is 1.84. The van der Waals surface area contributed by atoms with Crippen LogP contribution in [0.5, 0.6) is 0 Å². The average Bonchev–Trinajstić information content (AvgIpc) is 2.24. The van der Waals surface area contributed by atoms with E-state index in [0.29, 0.717) is 26.4 Å². The van der Waals surface area contributed by atoms with Crippen molar-refractivity contribution < 1.29 is 15.7 Å². The van der Waals surface area contributed by atoms with Gasteiger partial charge in [-0.25, -0.2) is 0 Å². The van der Waals surface area contributed by atoms with Gasteiger partial charge in [0, 0.05) is 21.5 Å². The quantitative estimate of drug-likeness (QED) is 0.636. The van der Waals surface area contributed by atoms with Gasteiger partial charge in [0.15, 0.2) is 0 Å². The summed E-state index contributed by atoms with van der Waals surface area (Å²) in [6.45, 7) is 10.7. The highest BCUT2D eigenvalue weighted by Crippen LogP contribution is 1.81. The molecule has 4 heteroatoms. The molecule has 1 amide bonds. The van der Waals surface area contributed by atoms with E-state index in [9.17, 15) is 4.79 Å². The van der Waals surface area contributed by atoms with Crippen molar-refractivity contribution in [3.05, 3.63) is 0 Å². The first-order valence-electron chi connectivity index (χ1n) is 5.67. The maximum Gasteiger partial charge on any atom is 0.216 e. The largest absolute Gasteiger partial charge is 0.379 e. The van der Waals surface area contributed by atoms with Crippen LogP contribution >= 0.6 is 0 Å². The standard InChI is InChI=1S/C9H19NO3.C2H6.H2/c1-3-5-12-7-8-13-6-4-10-9(2)11;1-2;/h3-8H2,1-2H3,(H,10,11);1-2H3;1H. The number of amides is 1. The topological polar surface area (TPSA) is 47.6 Å². The fourth-order valence-electron chi connectivity index (χ4n) is 0.766. The lowest BCUT2D eigenvalue weighted by atomic mass is 10.5. The van der Waals surface area contributed by atoms with Gasteiger partial charge >= 0.3 is 0 Å². The SMILES string of the molecule is CC.CCCOCCOCCNC(C)=O.[HH]. The summed E-state index contributed by atoms with van der Waals surface area (Å²) >= 11 is 0. The Morgan fingerprint density at radius 3 is 2.13 bits per heavy atom. The zero-order chi connectivity index (χ0) is 11.9. The number of hydrogen-bond acceptors (Lipinski definition) is 3. The fourth-order valence-corrected chi connectivity index (χ4v) is 0.766. The van der Waals surface area contributed by atoms with Crippen molar-refractivity contribution in [2.45, 2.75) is 34.1 Å². The van der Waals surface area contributed by atoms with Gasteiger partial charge in [-0.15, -0.1) is 0 Å². The van der Waals surface area contributed by atoms with Crippen LogP contribution in [0.25, 0.3) is 0 Å². The number of ether oxygens (including phenoxy) is 2. The van der Waals surface area contributed by atoms with Crippen molar-refractivity contribution in [1.29, 1.82) is 0 Å². The van der Waals surface area contributed by atoms with Crippen LogP contribution < -0.4 is 5.32 Å². The Labute approximate surface area is 94.8 Å². The number of hydrogen-bond donors (Lipinski definition) is 1. The monoisotopic (exact) mass is 221 g/mol. The van der Waals surface area contributed by atoms with Crippen LogP contribution in [0, 0.1) is 0 Å². The summed E-state index contributed by atoms with van der Waals surface area (Å²) in [5.74, 6) is -0.0224. The molecule has 0 heterocycles. The molecule has 0 fully saturated rings. The molecule has 0 saturated heterocycles. The first-order valence-corrected chi connectivity index (χ1v) is 5.67. The summed E-state index contributed by atoms with van der Waals surface area (Å²) in [7, 11) is 0. The van der Waals surface area contributed by atoms with Crippen LogP contribution in [-0.4, -0.2) is 38.9 Å². The maximum absolute atomic E-state index is 10.4. The zero-order valence-corrected chi connectivity index (χ0v) is 10.5. The van der Waals surface area contributed by atoms with E-state index in [0.717, 1.165) is 13.0 Å². The molecular weight excluding hydrogens is 194 g/mol. The Balaban J connectivity index is -0.000000529. The van der Waals surface area contributed by atoms with Crippen molar-refractivity contribution in [3.8, 4) is 0 Å². The molecule has 0 rings (SSSR count). The summed E-state index contributed by atoms with van der Waals surface area (Å²) in [5, 5.41) is 2.64. The second-order valence-corrected chi connectivity index (χ2v) is 2.71. The average molecular weight is 221 g/mol. The van der Waals surface area contributed by atoms with Gasteiger partial charge in [0.1, 0.15) is 0 Å². The third-order valence-electron chi connectivity index (χ3n) is 1.34. The van der Waals surface area contributed by atoms with Gasteiger partial charge in [0.2, 0.25) is 5.91 Å². The minimum atomic E-state index is -0.0224. The minimum Gasteiger partial charge on any atom is -0.379 e. The van der Waals surface area contributed by atoms with Gasteiger partial charge in [0.25, 0.3) is 0 Å². The van der Waals surface area contributed by atoms with Crippen LogP contribution in [0.15, 0.2) is 0 Å². The van der Waals surface area contributed by atoms with E-state index in [1.165, 1.54) is 6.92 Å². The normalized spacial score (nSPS) is 9.07. The van der Waals surface area contributed by atoms with E-state index >= 15 is 0 Å². The van der Waals surface area contributed by atoms with Gasteiger partial charge in [-0.2, -0.15) is 0 Å². The van der Waals surface area contributed by atoms with Crippen molar-refractivity contribution in [2.24, 2.45) is 0 Å². The molecule has 0 radical (unpaired) electrons.